The minimum Gasteiger partial charge on any atom is -0.493 e. The molecule has 0 aliphatic heterocycles. The summed E-state index contributed by atoms with van der Waals surface area (Å²) in [4.78, 5) is 18.0. The molecule has 1 N–H and O–H groups in total. The second kappa shape index (κ2) is 9.02. The van der Waals surface area contributed by atoms with Crippen LogP contribution >= 0.6 is 0 Å². The number of nitrogens with zero attached hydrogens (tertiary/aromatic N) is 3. The minimum absolute atomic E-state index is 0.0280. The maximum absolute atomic E-state index is 10.8. The van der Waals surface area contributed by atoms with Gasteiger partial charge in [-0.25, -0.2) is 4.98 Å². The summed E-state index contributed by atoms with van der Waals surface area (Å²) in [5, 5.41) is 20.4. The van der Waals surface area contributed by atoms with E-state index in [0.29, 0.717) is 22.9 Å². The molecule has 8 heteroatoms. The van der Waals surface area contributed by atoms with Gasteiger partial charge in [0.05, 0.1) is 28.6 Å². The average molecular weight is 426 g/mol. The van der Waals surface area contributed by atoms with Gasteiger partial charge in [0.25, 0.3) is 5.69 Å². The number of hydrogen-bond donors (Lipinski definition) is 1. The van der Waals surface area contributed by atoms with Crippen LogP contribution in [0.1, 0.15) is 17.0 Å². The van der Waals surface area contributed by atoms with E-state index in [1.165, 1.54) is 19.2 Å². The molecule has 0 atom stereocenters. The first-order valence-corrected chi connectivity index (χ1v) is 9.68. The third kappa shape index (κ3) is 4.42. The highest BCUT2D eigenvalue weighted by atomic mass is 16.6. The lowest BCUT2D eigenvalue weighted by atomic mass is 10.1. The van der Waals surface area contributed by atoms with Gasteiger partial charge in [-0.3, -0.25) is 10.1 Å². The lowest BCUT2D eigenvalue weighted by Gasteiger charge is -2.11. The molecule has 0 bridgehead atoms. The van der Waals surface area contributed by atoms with Gasteiger partial charge in [-0.1, -0.05) is 18.2 Å². The number of nitrogens with one attached hydrogen (secondary N) is 1. The normalized spacial score (nSPS) is 11.2. The van der Waals surface area contributed by atoms with Crippen LogP contribution in [-0.4, -0.2) is 22.0 Å². The quantitative estimate of drug-likeness (QED) is 0.249. The Morgan fingerprint density at radius 3 is 2.62 bits per heavy atom. The van der Waals surface area contributed by atoms with E-state index in [4.69, 9.17) is 9.47 Å². The Balaban J connectivity index is 1.54. The lowest BCUT2D eigenvalue weighted by molar-refractivity contribution is -0.384. The summed E-state index contributed by atoms with van der Waals surface area (Å²) in [5.41, 5.74) is 3.61. The van der Waals surface area contributed by atoms with Crippen LogP contribution < -0.4 is 9.47 Å². The van der Waals surface area contributed by atoms with E-state index in [1.54, 1.807) is 30.3 Å². The van der Waals surface area contributed by atoms with Gasteiger partial charge in [0.2, 0.25) is 0 Å². The number of methoxy groups -OCH3 is 1. The molecule has 0 saturated heterocycles. The zero-order valence-electron chi connectivity index (χ0n) is 17.1. The Kier molecular flexibility index (Phi) is 5.81. The maximum Gasteiger partial charge on any atom is 0.269 e. The van der Waals surface area contributed by atoms with Gasteiger partial charge in [-0.2, -0.15) is 5.26 Å². The van der Waals surface area contributed by atoms with Crippen molar-refractivity contribution in [3.05, 3.63) is 93.8 Å². The smallest absolute Gasteiger partial charge is 0.269 e. The fourth-order valence-corrected chi connectivity index (χ4v) is 3.17. The van der Waals surface area contributed by atoms with Crippen LogP contribution in [0.2, 0.25) is 0 Å². The molecular weight excluding hydrogens is 408 g/mol. The Morgan fingerprint density at radius 2 is 1.94 bits per heavy atom. The van der Waals surface area contributed by atoms with Crippen LogP contribution in [0.5, 0.6) is 11.5 Å². The second-order valence-electron chi connectivity index (χ2n) is 6.89. The fourth-order valence-electron chi connectivity index (χ4n) is 3.17. The first kappa shape index (κ1) is 20.6. The molecule has 1 heterocycles. The van der Waals surface area contributed by atoms with Crippen LogP contribution in [0.3, 0.4) is 0 Å². The number of imidazole rings is 1. The fraction of sp³-hybridized carbons (Fsp3) is 0.0833. The maximum atomic E-state index is 10.8. The summed E-state index contributed by atoms with van der Waals surface area (Å²) in [6.45, 7) is 0.228. The summed E-state index contributed by atoms with van der Waals surface area (Å²) in [7, 11) is 1.53. The van der Waals surface area contributed by atoms with Gasteiger partial charge in [-0.15, -0.1) is 0 Å². The lowest BCUT2D eigenvalue weighted by Crippen LogP contribution is -1.98. The molecule has 0 aliphatic rings. The molecule has 3 aromatic carbocycles. The third-order valence-electron chi connectivity index (χ3n) is 4.81. The average Bonchev–Trinajstić information content (AvgIpc) is 3.25. The van der Waals surface area contributed by atoms with Gasteiger partial charge < -0.3 is 14.5 Å². The number of fused-ring (bicyclic) bond motifs is 1. The molecule has 0 aliphatic carbocycles. The molecule has 0 fully saturated rings. The van der Waals surface area contributed by atoms with E-state index in [9.17, 15) is 15.4 Å². The predicted molar refractivity (Wildman–Crippen MR) is 120 cm³/mol. The first-order chi connectivity index (χ1) is 15.6. The number of nitriles is 1. The van der Waals surface area contributed by atoms with Crippen molar-refractivity contribution in [3.8, 4) is 17.6 Å². The number of non-ortho nitro benzene ring substituents is 1. The highest BCUT2D eigenvalue weighted by Crippen LogP contribution is 2.30. The number of hydrogen-bond acceptors (Lipinski definition) is 6. The second-order valence-corrected chi connectivity index (χ2v) is 6.89. The number of benzene rings is 3. The van der Waals surface area contributed by atoms with E-state index in [1.807, 2.05) is 30.3 Å². The number of H-pyrrole nitrogens is 1. The number of para-hydroxylation sites is 2. The van der Waals surface area contributed by atoms with E-state index < -0.39 is 4.92 Å². The molecule has 0 saturated carbocycles. The Morgan fingerprint density at radius 1 is 1.16 bits per heavy atom. The summed E-state index contributed by atoms with van der Waals surface area (Å²) in [6.07, 6.45) is 1.72. The number of nitro groups is 1. The van der Waals surface area contributed by atoms with Gasteiger partial charge in [0, 0.05) is 12.1 Å². The molecule has 4 rings (SSSR count). The van der Waals surface area contributed by atoms with Crippen molar-refractivity contribution >= 4 is 28.4 Å². The molecule has 0 unspecified atom stereocenters. The zero-order chi connectivity index (χ0) is 22.5. The van der Waals surface area contributed by atoms with Crippen LogP contribution in [0.15, 0.2) is 66.7 Å². The minimum atomic E-state index is -0.444. The van der Waals surface area contributed by atoms with Crippen LogP contribution in [0, 0.1) is 21.4 Å². The summed E-state index contributed by atoms with van der Waals surface area (Å²) in [6, 6.07) is 21.3. The molecule has 0 spiro atoms. The third-order valence-corrected chi connectivity index (χ3v) is 4.81. The molecule has 0 radical (unpaired) electrons. The Bertz CT molecular complexity index is 1320. The van der Waals surface area contributed by atoms with Crippen LogP contribution in [0.4, 0.5) is 5.69 Å². The molecule has 1 aromatic heterocycles. The van der Waals surface area contributed by atoms with E-state index >= 15 is 0 Å². The van der Waals surface area contributed by atoms with Crippen molar-refractivity contribution in [1.82, 2.24) is 9.97 Å². The first-order valence-electron chi connectivity index (χ1n) is 9.68. The largest absolute Gasteiger partial charge is 0.493 e. The Hall–Kier alpha value is -4.64. The predicted octanol–water partition coefficient (Wildman–Crippen LogP) is 5.12. The molecule has 8 nitrogen and oxygen atoms in total. The molecule has 32 heavy (non-hydrogen) atoms. The monoisotopic (exact) mass is 426 g/mol. The van der Waals surface area contributed by atoms with Gasteiger partial charge >= 0.3 is 0 Å². The van der Waals surface area contributed by atoms with Crippen LogP contribution in [-0.2, 0) is 6.61 Å². The summed E-state index contributed by atoms with van der Waals surface area (Å²) >= 11 is 0. The standard InChI is InChI=1S/C24H18N4O4/c1-31-23-13-17(12-18(14-25)24-26-20-4-2-3-5-21(20)27-24)8-11-22(23)32-15-16-6-9-19(10-7-16)28(29)30/h2-13H,15H2,1H3,(H,26,27)/b18-12+. The van der Waals surface area contributed by atoms with Gasteiger partial charge in [0.15, 0.2) is 11.5 Å². The van der Waals surface area contributed by atoms with Crippen LogP contribution in [0.25, 0.3) is 22.7 Å². The number of aromatic nitrogens is 2. The number of nitro benzene ring substituents is 1. The van der Waals surface area contributed by atoms with E-state index in [-0.39, 0.29) is 12.3 Å². The van der Waals surface area contributed by atoms with Gasteiger partial charge in [0.1, 0.15) is 18.5 Å². The van der Waals surface area contributed by atoms with Crippen molar-refractivity contribution in [3.63, 3.8) is 0 Å². The van der Waals surface area contributed by atoms with Crippen molar-refractivity contribution in [2.45, 2.75) is 6.61 Å². The van der Waals surface area contributed by atoms with Crippen molar-refractivity contribution in [1.29, 1.82) is 5.26 Å². The molecule has 4 aromatic rings. The number of ether oxygens (including phenoxy) is 2. The van der Waals surface area contributed by atoms with Crippen molar-refractivity contribution in [2.24, 2.45) is 0 Å². The summed E-state index contributed by atoms with van der Waals surface area (Å²) < 4.78 is 11.3. The molecule has 0 amide bonds. The molecule has 158 valence electrons. The zero-order valence-corrected chi connectivity index (χ0v) is 17.1. The highest BCUT2D eigenvalue weighted by molar-refractivity contribution is 5.90. The molecular formula is C24H18N4O4. The highest BCUT2D eigenvalue weighted by Gasteiger charge is 2.11. The van der Waals surface area contributed by atoms with Crippen molar-refractivity contribution in [2.75, 3.05) is 7.11 Å². The number of allylic oxidation sites excluding steroid dienone is 1. The van der Waals surface area contributed by atoms with Gasteiger partial charge in [-0.05, 0) is 53.6 Å². The number of aromatic amines is 1. The SMILES string of the molecule is COc1cc(/C=C(\C#N)c2nc3ccccc3[nH]2)ccc1OCc1ccc([N+](=O)[O-])cc1. The topological polar surface area (TPSA) is 114 Å². The van der Waals surface area contributed by atoms with E-state index in [2.05, 4.69) is 16.0 Å². The van der Waals surface area contributed by atoms with Crippen molar-refractivity contribution < 1.29 is 14.4 Å². The Labute approximate surface area is 183 Å². The summed E-state index contributed by atoms with van der Waals surface area (Å²) in [5.74, 6) is 1.51. The number of rotatable bonds is 7. The van der Waals surface area contributed by atoms with E-state index in [0.717, 1.165) is 22.2 Å².